The highest BCUT2D eigenvalue weighted by molar-refractivity contribution is 5.53. The number of rotatable bonds is 7. The van der Waals surface area contributed by atoms with E-state index in [1.165, 1.54) is 18.4 Å². The Bertz CT molecular complexity index is 850. The van der Waals surface area contributed by atoms with Gasteiger partial charge >= 0.3 is 0 Å². The summed E-state index contributed by atoms with van der Waals surface area (Å²) in [6, 6.07) is 14.4. The molecule has 0 bridgehead atoms. The van der Waals surface area contributed by atoms with Crippen LogP contribution in [0.2, 0.25) is 0 Å². The molecule has 4 heteroatoms. The fourth-order valence-corrected chi connectivity index (χ4v) is 3.59. The lowest BCUT2D eigenvalue weighted by Crippen LogP contribution is -2.09. The first-order valence-corrected chi connectivity index (χ1v) is 9.85. The first-order valence-electron chi connectivity index (χ1n) is 9.85. The molecule has 0 aliphatic carbocycles. The van der Waals surface area contributed by atoms with Crippen LogP contribution in [0.25, 0.3) is 11.5 Å². The highest BCUT2D eigenvalue weighted by Crippen LogP contribution is 2.22. The standard InChI is InChI=1S/C23H26N2O2/c1-17-22(25-23(27-17)19-7-3-2-4-8-19)11-5-9-20-13-12-18(16-24-20)15-21-10-6-14-26-21/h2-4,7-8,12-13,16,21H,5-6,9-11,14-15H2,1H3. The topological polar surface area (TPSA) is 48.2 Å². The quantitative estimate of drug-likeness (QED) is 0.597. The summed E-state index contributed by atoms with van der Waals surface area (Å²) in [5, 5.41) is 0. The van der Waals surface area contributed by atoms with Gasteiger partial charge in [0, 0.05) is 30.5 Å². The van der Waals surface area contributed by atoms with Crippen LogP contribution in [0.15, 0.2) is 53.1 Å². The molecule has 1 unspecified atom stereocenters. The summed E-state index contributed by atoms with van der Waals surface area (Å²) in [6.07, 6.45) is 8.59. The van der Waals surface area contributed by atoms with Crippen molar-refractivity contribution in [3.05, 3.63) is 71.4 Å². The number of ether oxygens (including phenoxy) is 1. The third-order valence-corrected chi connectivity index (χ3v) is 5.13. The fraction of sp³-hybridized carbons (Fsp3) is 0.391. The third kappa shape index (κ3) is 4.64. The second-order valence-corrected chi connectivity index (χ2v) is 7.24. The van der Waals surface area contributed by atoms with E-state index in [4.69, 9.17) is 9.15 Å². The maximum absolute atomic E-state index is 5.84. The monoisotopic (exact) mass is 362 g/mol. The SMILES string of the molecule is Cc1oc(-c2ccccc2)nc1CCCc1ccc(CC2CCCO2)cn1. The van der Waals surface area contributed by atoms with Crippen LogP contribution in [0.5, 0.6) is 0 Å². The summed E-state index contributed by atoms with van der Waals surface area (Å²) in [5.41, 5.74) is 4.47. The normalized spacial score (nSPS) is 16.7. The van der Waals surface area contributed by atoms with Crippen LogP contribution < -0.4 is 0 Å². The number of pyridine rings is 1. The summed E-state index contributed by atoms with van der Waals surface area (Å²) in [7, 11) is 0. The molecule has 4 rings (SSSR count). The zero-order valence-corrected chi connectivity index (χ0v) is 15.9. The van der Waals surface area contributed by atoms with E-state index >= 15 is 0 Å². The van der Waals surface area contributed by atoms with Crippen molar-refractivity contribution in [1.29, 1.82) is 0 Å². The van der Waals surface area contributed by atoms with Crippen molar-refractivity contribution in [1.82, 2.24) is 9.97 Å². The second kappa shape index (κ2) is 8.49. The van der Waals surface area contributed by atoms with Crippen LogP contribution >= 0.6 is 0 Å². The lowest BCUT2D eigenvalue weighted by atomic mass is 10.1. The molecule has 3 heterocycles. The Kier molecular flexibility index (Phi) is 5.64. The molecule has 1 aliphatic rings. The van der Waals surface area contributed by atoms with E-state index in [9.17, 15) is 0 Å². The molecule has 1 aliphatic heterocycles. The molecule has 1 fully saturated rings. The smallest absolute Gasteiger partial charge is 0.226 e. The first kappa shape index (κ1) is 17.9. The van der Waals surface area contributed by atoms with Crippen LogP contribution in [0.1, 0.15) is 42.0 Å². The summed E-state index contributed by atoms with van der Waals surface area (Å²) in [6.45, 7) is 2.90. The minimum Gasteiger partial charge on any atom is -0.441 e. The summed E-state index contributed by atoms with van der Waals surface area (Å²) >= 11 is 0. The van der Waals surface area contributed by atoms with Crippen molar-refractivity contribution >= 4 is 0 Å². The molecule has 0 spiro atoms. The molecular weight excluding hydrogens is 336 g/mol. The Hall–Kier alpha value is -2.46. The molecule has 0 amide bonds. The van der Waals surface area contributed by atoms with Crippen LogP contribution in [0.3, 0.4) is 0 Å². The molecule has 1 saturated heterocycles. The molecule has 0 N–H and O–H groups in total. The molecule has 0 radical (unpaired) electrons. The summed E-state index contributed by atoms with van der Waals surface area (Å²) in [4.78, 5) is 9.31. The number of hydrogen-bond acceptors (Lipinski definition) is 4. The third-order valence-electron chi connectivity index (χ3n) is 5.13. The van der Waals surface area contributed by atoms with Crippen LogP contribution in [-0.2, 0) is 24.0 Å². The summed E-state index contributed by atoms with van der Waals surface area (Å²) < 4.78 is 11.5. The van der Waals surface area contributed by atoms with Gasteiger partial charge in [-0.3, -0.25) is 4.98 Å². The Balaban J connectivity index is 1.30. The number of benzene rings is 1. The van der Waals surface area contributed by atoms with Gasteiger partial charge in [0.1, 0.15) is 5.76 Å². The van der Waals surface area contributed by atoms with Gasteiger partial charge in [0.05, 0.1) is 11.8 Å². The van der Waals surface area contributed by atoms with Gasteiger partial charge in [-0.2, -0.15) is 0 Å². The van der Waals surface area contributed by atoms with Crippen molar-refractivity contribution < 1.29 is 9.15 Å². The minimum atomic E-state index is 0.381. The Morgan fingerprint density at radius 2 is 1.96 bits per heavy atom. The fourth-order valence-electron chi connectivity index (χ4n) is 3.59. The van der Waals surface area contributed by atoms with Crippen LogP contribution in [0.4, 0.5) is 0 Å². The van der Waals surface area contributed by atoms with E-state index < -0.39 is 0 Å². The van der Waals surface area contributed by atoms with Crippen molar-refractivity contribution in [3.8, 4) is 11.5 Å². The molecule has 3 aromatic rings. The van der Waals surface area contributed by atoms with Crippen molar-refractivity contribution in [2.45, 2.75) is 51.6 Å². The molecule has 2 aromatic heterocycles. The van der Waals surface area contributed by atoms with E-state index in [-0.39, 0.29) is 0 Å². The van der Waals surface area contributed by atoms with E-state index in [1.54, 1.807) is 0 Å². The van der Waals surface area contributed by atoms with Gasteiger partial charge in [0.25, 0.3) is 0 Å². The van der Waals surface area contributed by atoms with Gasteiger partial charge in [0.15, 0.2) is 0 Å². The van der Waals surface area contributed by atoms with Gasteiger partial charge in [-0.05, 0) is 62.8 Å². The van der Waals surface area contributed by atoms with Crippen molar-refractivity contribution in [3.63, 3.8) is 0 Å². The lowest BCUT2D eigenvalue weighted by molar-refractivity contribution is 0.111. The zero-order chi connectivity index (χ0) is 18.5. The molecule has 1 atom stereocenters. The van der Waals surface area contributed by atoms with E-state index in [0.29, 0.717) is 12.0 Å². The molecule has 1 aromatic carbocycles. The largest absolute Gasteiger partial charge is 0.441 e. The Morgan fingerprint density at radius 1 is 1.07 bits per heavy atom. The minimum absolute atomic E-state index is 0.381. The van der Waals surface area contributed by atoms with Gasteiger partial charge in [-0.1, -0.05) is 24.3 Å². The van der Waals surface area contributed by atoms with Gasteiger partial charge in [0.2, 0.25) is 5.89 Å². The average molecular weight is 362 g/mol. The maximum atomic E-state index is 5.84. The van der Waals surface area contributed by atoms with Gasteiger partial charge in [-0.25, -0.2) is 4.98 Å². The molecule has 27 heavy (non-hydrogen) atoms. The van der Waals surface area contributed by atoms with Crippen LogP contribution in [-0.4, -0.2) is 22.7 Å². The van der Waals surface area contributed by atoms with Crippen molar-refractivity contribution in [2.24, 2.45) is 0 Å². The highest BCUT2D eigenvalue weighted by Gasteiger charge is 2.16. The number of oxazole rings is 1. The number of hydrogen-bond donors (Lipinski definition) is 0. The number of nitrogens with zero attached hydrogens (tertiary/aromatic N) is 2. The summed E-state index contributed by atoms with van der Waals surface area (Å²) in [5.74, 6) is 1.62. The Morgan fingerprint density at radius 3 is 2.70 bits per heavy atom. The molecular formula is C23H26N2O2. The highest BCUT2D eigenvalue weighted by atomic mass is 16.5. The molecule has 140 valence electrons. The average Bonchev–Trinajstić information content (AvgIpc) is 3.34. The van der Waals surface area contributed by atoms with Gasteiger partial charge < -0.3 is 9.15 Å². The lowest BCUT2D eigenvalue weighted by Gasteiger charge is -2.09. The Labute approximate surface area is 160 Å². The predicted octanol–water partition coefficient (Wildman–Crippen LogP) is 4.94. The van der Waals surface area contributed by atoms with E-state index in [1.807, 2.05) is 43.5 Å². The van der Waals surface area contributed by atoms with Crippen LogP contribution in [0, 0.1) is 6.92 Å². The number of aromatic nitrogens is 2. The zero-order valence-electron chi connectivity index (χ0n) is 15.9. The van der Waals surface area contributed by atoms with Crippen molar-refractivity contribution in [2.75, 3.05) is 6.61 Å². The van der Waals surface area contributed by atoms with E-state index in [2.05, 4.69) is 22.1 Å². The van der Waals surface area contributed by atoms with E-state index in [0.717, 1.165) is 55.0 Å². The number of aryl methyl sites for hydroxylation is 3. The van der Waals surface area contributed by atoms with Gasteiger partial charge in [-0.15, -0.1) is 0 Å². The second-order valence-electron chi connectivity index (χ2n) is 7.24. The molecule has 0 saturated carbocycles. The first-order chi connectivity index (χ1) is 13.3. The maximum Gasteiger partial charge on any atom is 0.226 e. The predicted molar refractivity (Wildman–Crippen MR) is 106 cm³/mol. The molecule has 4 nitrogen and oxygen atoms in total.